The van der Waals surface area contributed by atoms with Gasteiger partial charge in [0.25, 0.3) is 5.91 Å². The van der Waals surface area contributed by atoms with Crippen molar-refractivity contribution in [1.29, 1.82) is 0 Å². The second-order valence-corrected chi connectivity index (χ2v) is 10.1. The van der Waals surface area contributed by atoms with E-state index in [-0.39, 0.29) is 29.0 Å². The van der Waals surface area contributed by atoms with Gasteiger partial charge in [0.15, 0.2) is 11.3 Å². The number of carbonyl (C=O) groups excluding carboxylic acids is 1. The molecule has 3 aromatic rings. The molecule has 0 aromatic carbocycles. The van der Waals surface area contributed by atoms with Crippen molar-refractivity contribution in [2.45, 2.75) is 52.6 Å². The van der Waals surface area contributed by atoms with Gasteiger partial charge in [0.05, 0.1) is 11.2 Å². The summed E-state index contributed by atoms with van der Waals surface area (Å²) in [7, 11) is 1.78. The van der Waals surface area contributed by atoms with Crippen LogP contribution in [0, 0.1) is 11.3 Å². The number of pyridine rings is 1. The highest BCUT2D eigenvalue weighted by atomic mass is 16.5. The van der Waals surface area contributed by atoms with Crippen molar-refractivity contribution >= 4 is 22.6 Å². The molecule has 0 radical (unpaired) electrons. The van der Waals surface area contributed by atoms with Gasteiger partial charge >= 0.3 is 5.69 Å². The lowest BCUT2D eigenvalue weighted by Gasteiger charge is -2.31. The maximum atomic E-state index is 12.9. The van der Waals surface area contributed by atoms with Crippen LogP contribution in [-0.4, -0.2) is 42.7 Å². The molecule has 3 aromatic heterocycles. The quantitative estimate of drug-likeness (QED) is 0.629. The van der Waals surface area contributed by atoms with Crippen LogP contribution in [0.3, 0.4) is 0 Å². The normalized spacial score (nSPS) is 21.1. The molecule has 0 spiro atoms. The second-order valence-electron chi connectivity index (χ2n) is 10.1. The van der Waals surface area contributed by atoms with Gasteiger partial charge in [-0.05, 0) is 42.4 Å². The van der Waals surface area contributed by atoms with Crippen molar-refractivity contribution in [3.8, 4) is 0 Å². The molecule has 32 heavy (non-hydrogen) atoms. The fourth-order valence-electron chi connectivity index (χ4n) is 5.21. The fourth-order valence-corrected chi connectivity index (χ4v) is 5.21. The lowest BCUT2D eigenvalue weighted by molar-refractivity contribution is 0.0708. The number of likely N-dealkylation sites (tertiary alicyclic amines) is 1. The van der Waals surface area contributed by atoms with Crippen molar-refractivity contribution in [3.05, 3.63) is 52.4 Å². The highest BCUT2D eigenvalue weighted by Crippen LogP contribution is 2.41. The van der Waals surface area contributed by atoms with Crippen molar-refractivity contribution in [2.75, 3.05) is 6.54 Å². The molecule has 1 amide bonds. The fraction of sp³-hybridized carbons (Fsp3) is 0.500. The molecule has 4 heterocycles. The predicted molar refractivity (Wildman–Crippen MR) is 121 cm³/mol. The van der Waals surface area contributed by atoms with Crippen molar-refractivity contribution in [3.63, 3.8) is 0 Å². The standard InChI is InChI=1S/C24H29N5O3/c1-24(2,3)14-29-20-9-8-17(25-21(20)27(4)23(29)31)15-6-5-7-19-16(15)10-12-28(19)22(30)18-11-13-32-26-18/h6,8-9,11,13,16,19H,5,7,10,12,14H2,1-4H3. The van der Waals surface area contributed by atoms with Crippen LogP contribution in [-0.2, 0) is 13.6 Å². The molecule has 2 aliphatic rings. The number of nitrogens with zero attached hydrogens (tertiary/aromatic N) is 5. The SMILES string of the molecule is Cn1c(=O)n(CC(C)(C)C)c2ccc(C3=CCCC4C3CCN4C(=O)c3ccon3)nc21. The second kappa shape index (κ2) is 7.46. The van der Waals surface area contributed by atoms with E-state index in [0.717, 1.165) is 30.5 Å². The highest BCUT2D eigenvalue weighted by molar-refractivity contribution is 5.93. The van der Waals surface area contributed by atoms with Crippen molar-refractivity contribution < 1.29 is 9.32 Å². The molecule has 1 fully saturated rings. The summed E-state index contributed by atoms with van der Waals surface area (Å²) in [5, 5.41) is 3.83. The summed E-state index contributed by atoms with van der Waals surface area (Å²) in [4.78, 5) is 32.7. The highest BCUT2D eigenvalue weighted by Gasteiger charge is 2.41. The first-order valence-electron chi connectivity index (χ1n) is 11.2. The number of rotatable bonds is 3. The molecule has 5 rings (SSSR count). The van der Waals surface area contributed by atoms with E-state index in [1.54, 1.807) is 17.7 Å². The minimum atomic E-state index is -0.0717. The van der Waals surface area contributed by atoms with Crippen molar-refractivity contribution in [2.24, 2.45) is 18.4 Å². The van der Waals surface area contributed by atoms with Crippen LogP contribution in [0.5, 0.6) is 0 Å². The Balaban J connectivity index is 1.48. The topological polar surface area (TPSA) is 86.2 Å². The number of allylic oxidation sites excluding steroid dienone is 1. The summed E-state index contributed by atoms with van der Waals surface area (Å²) in [6.45, 7) is 7.70. The Labute approximate surface area is 186 Å². The molecule has 0 bridgehead atoms. The van der Waals surface area contributed by atoms with Gasteiger partial charge in [0.1, 0.15) is 6.26 Å². The molecule has 0 saturated carbocycles. The van der Waals surface area contributed by atoms with E-state index in [0.29, 0.717) is 24.4 Å². The zero-order chi connectivity index (χ0) is 22.6. The van der Waals surface area contributed by atoms with Gasteiger partial charge in [0.2, 0.25) is 0 Å². The molecule has 8 nitrogen and oxygen atoms in total. The average Bonchev–Trinajstić information content (AvgIpc) is 3.49. The first kappa shape index (κ1) is 20.7. The Morgan fingerprint density at radius 2 is 2.03 bits per heavy atom. The molecule has 8 heteroatoms. The summed E-state index contributed by atoms with van der Waals surface area (Å²) >= 11 is 0. The monoisotopic (exact) mass is 435 g/mol. The molecular weight excluding hydrogens is 406 g/mol. The lowest BCUT2D eigenvalue weighted by Crippen LogP contribution is -2.39. The zero-order valence-corrected chi connectivity index (χ0v) is 19.0. The van der Waals surface area contributed by atoms with Gasteiger partial charge in [-0.3, -0.25) is 13.9 Å². The maximum Gasteiger partial charge on any atom is 0.330 e. The van der Waals surface area contributed by atoms with Gasteiger partial charge in [-0.25, -0.2) is 9.78 Å². The van der Waals surface area contributed by atoms with Gasteiger partial charge < -0.3 is 9.42 Å². The largest absolute Gasteiger partial charge is 0.364 e. The number of amides is 1. The molecule has 1 saturated heterocycles. The molecule has 168 valence electrons. The van der Waals surface area contributed by atoms with Gasteiger partial charge in [-0.1, -0.05) is 32.0 Å². The summed E-state index contributed by atoms with van der Waals surface area (Å²) in [5.41, 5.74) is 3.93. The summed E-state index contributed by atoms with van der Waals surface area (Å²) < 4.78 is 8.32. The third-order valence-electron chi connectivity index (χ3n) is 6.60. The average molecular weight is 436 g/mol. The smallest absolute Gasteiger partial charge is 0.330 e. The Bertz CT molecular complexity index is 1260. The number of hydrogen-bond donors (Lipinski definition) is 0. The van der Waals surface area contributed by atoms with E-state index < -0.39 is 0 Å². The van der Waals surface area contributed by atoms with Crippen LogP contribution >= 0.6 is 0 Å². The molecule has 1 aliphatic carbocycles. The van der Waals surface area contributed by atoms with E-state index in [1.165, 1.54) is 11.8 Å². The summed E-state index contributed by atoms with van der Waals surface area (Å²) in [5.74, 6) is 0.163. The van der Waals surface area contributed by atoms with Crippen LogP contribution in [0.4, 0.5) is 0 Å². The molecule has 2 atom stereocenters. The lowest BCUT2D eigenvalue weighted by atomic mass is 9.82. The number of carbonyl (C=O) groups is 1. The van der Waals surface area contributed by atoms with Crippen LogP contribution in [0.1, 0.15) is 56.2 Å². The van der Waals surface area contributed by atoms with Crippen LogP contribution in [0.2, 0.25) is 0 Å². The van der Waals surface area contributed by atoms with E-state index in [1.807, 2.05) is 21.6 Å². The molecule has 1 aliphatic heterocycles. The maximum absolute atomic E-state index is 12.9. The Morgan fingerprint density at radius 1 is 1.22 bits per heavy atom. The minimum Gasteiger partial charge on any atom is -0.364 e. The van der Waals surface area contributed by atoms with E-state index in [9.17, 15) is 9.59 Å². The zero-order valence-electron chi connectivity index (χ0n) is 19.0. The molecule has 2 unspecified atom stereocenters. The summed E-state index contributed by atoms with van der Waals surface area (Å²) in [6, 6.07) is 5.79. The molecular formula is C24H29N5O3. The first-order chi connectivity index (χ1) is 15.2. The van der Waals surface area contributed by atoms with Crippen molar-refractivity contribution in [1.82, 2.24) is 24.2 Å². The Kier molecular flexibility index (Phi) is 4.83. The number of imidazole rings is 1. The van der Waals surface area contributed by atoms with E-state index in [2.05, 4.69) is 32.0 Å². The number of aryl methyl sites for hydroxylation is 1. The Morgan fingerprint density at radius 3 is 2.75 bits per heavy atom. The van der Waals surface area contributed by atoms with Gasteiger partial charge in [-0.15, -0.1) is 0 Å². The first-order valence-corrected chi connectivity index (χ1v) is 11.2. The number of aromatic nitrogens is 4. The van der Waals surface area contributed by atoms with Gasteiger partial charge in [-0.2, -0.15) is 0 Å². The number of fused-ring (bicyclic) bond motifs is 2. The summed E-state index contributed by atoms with van der Waals surface area (Å²) in [6.07, 6.45) is 6.40. The van der Waals surface area contributed by atoms with E-state index >= 15 is 0 Å². The number of hydrogen-bond acceptors (Lipinski definition) is 5. The third kappa shape index (κ3) is 3.38. The van der Waals surface area contributed by atoms with Crippen LogP contribution in [0.25, 0.3) is 16.7 Å². The Hall–Kier alpha value is -3.16. The third-order valence-corrected chi connectivity index (χ3v) is 6.60. The van der Waals surface area contributed by atoms with Gasteiger partial charge in [0, 0.05) is 38.2 Å². The van der Waals surface area contributed by atoms with Crippen LogP contribution in [0.15, 0.2) is 39.9 Å². The van der Waals surface area contributed by atoms with Crippen LogP contribution < -0.4 is 5.69 Å². The molecule has 0 N–H and O–H groups in total. The predicted octanol–water partition coefficient (Wildman–Crippen LogP) is 3.48. The minimum absolute atomic E-state index is 0.0143. The van der Waals surface area contributed by atoms with E-state index in [4.69, 9.17) is 9.51 Å².